The van der Waals surface area contributed by atoms with Gasteiger partial charge in [0, 0.05) is 0 Å². The maximum atomic E-state index is 14.1. The molecule has 3 rings (SSSR count). The quantitative estimate of drug-likeness (QED) is 0.416. The Morgan fingerprint density at radius 3 is 2.36 bits per heavy atom. The molecule has 3 aromatic rings. The number of ether oxygens (including phenoxy) is 2. The molecule has 0 saturated carbocycles. The Kier molecular flexibility index (Phi) is 7.26. The van der Waals surface area contributed by atoms with Crippen LogP contribution in [0, 0.1) is 5.82 Å². The number of aryl methyl sites for hydroxylation is 1. The van der Waals surface area contributed by atoms with Crippen molar-refractivity contribution < 1.29 is 13.9 Å². The molecule has 145 valence electrons. The molecule has 0 aliphatic carbocycles. The van der Waals surface area contributed by atoms with Crippen molar-refractivity contribution in [1.29, 1.82) is 0 Å². The second-order valence-corrected chi connectivity index (χ2v) is 9.41. The van der Waals surface area contributed by atoms with Crippen molar-refractivity contribution in [3.8, 4) is 17.2 Å². The Morgan fingerprint density at radius 2 is 1.64 bits per heavy atom. The lowest BCUT2D eigenvalue weighted by atomic mass is 10.1. The molecule has 0 atom stereocenters. The van der Waals surface area contributed by atoms with E-state index in [0.29, 0.717) is 12.4 Å². The van der Waals surface area contributed by atoms with Gasteiger partial charge in [-0.3, -0.25) is 0 Å². The Morgan fingerprint density at radius 1 is 0.893 bits per heavy atom. The van der Waals surface area contributed by atoms with E-state index < -0.39 is 8.80 Å². The summed E-state index contributed by atoms with van der Waals surface area (Å²) >= 11 is 0. The summed E-state index contributed by atoms with van der Waals surface area (Å²) in [4.78, 5) is 0. The van der Waals surface area contributed by atoms with E-state index in [4.69, 9.17) is 9.47 Å². The van der Waals surface area contributed by atoms with Crippen molar-refractivity contribution in [2.45, 2.75) is 32.4 Å². The lowest BCUT2D eigenvalue weighted by Gasteiger charge is -2.12. The number of rotatable bonds is 9. The van der Waals surface area contributed by atoms with Crippen LogP contribution in [0.4, 0.5) is 4.39 Å². The molecule has 0 bridgehead atoms. The fourth-order valence-corrected chi connectivity index (χ4v) is 4.83. The van der Waals surface area contributed by atoms with Crippen LogP contribution in [0.3, 0.4) is 0 Å². The second kappa shape index (κ2) is 10.1. The third-order valence-corrected chi connectivity index (χ3v) is 7.06. The average Bonchev–Trinajstić information content (AvgIpc) is 2.72. The summed E-state index contributed by atoms with van der Waals surface area (Å²) in [5.74, 6) is 1.53. The van der Waals surface area contributed by atoms with Gasteiger partial charge in [0.05, 0.1) is 15.4 Å². The molecule has 0 aromatic heterocycles. The maximum Gasteiger partial charge on any atom is 0.165 e. The summed E-state index contributed by atoms with van der Waals surface area (Å²) in [7, 11) is -0.595. The highest BCUT2D eigenvalue weighted by atomic mass is 28.3. The summed E-state index contributed by atoms with van der Waals surface area (Å²) in [6, 6.07) is 24.1. The van der Waals surface area contributed by atoms with Gasteiger partial charge in [0.15, 0.2) is 11.6 Å². The predicted molar refractivity (Wildman–Crippen MR) is 115 cm³/mol. The summed E-state index contributed by atoms with van der Waals surface area (Å²) in [5, 5.41) is 1.42. The minimum absolute atomic E-state index is 0.289. The molecule has 0 heterocycles. The van der Waals surface area contributed by atoms with E-state index in [0.717, 1.165) is 24.2 Å². The van der Waals surface area contributed by atoms with Gasteiger partial charge in [-0.2, -0.15) is 0 Å². The minimum Gasteiger partial charge on any atom is -0.494 e. The van der Waals surface area contributed by atoms with Crippen LogP contribution < -0.4 is 14.7 Å². The SMILES string of the molecule is CCOc1ccc([Si](C)CCCc2ccc(F)c(Oc3ccccc3)c2)cc1. The number of hydrogen-bond acceptors (Lipinski definition) is 2. The average molecular weight is 394 g/mol. The molecule has 0 aliphatic heterocycles. The lowest BCUT2D eigenvalue weighted by Crippen LogP contribution is -2.26. The monoisotopic (exact) mass is 393 g/mol. The summed E-state index contributed by atoms with van der Waals surface area (Å²) in [6.45, 7) is 5.03. The van der Waals surface area contributed by atoms with Crippen molar-refractivity contribution in [1.82, 2.24) is 0 Å². The number of halogens is 1. The van der Waals surface area contributed by atoms with Crippen molar-refractivity contribution in [2.75, 3.05) is 6.61 Å². The molecule has 0 saturated heterocycles. The third kappa shape index (κ3) is 5.70. The van der Waals surface area contributed by atoms with Crippen LogP contribution in [0.5, 0.6) is 17.2 Å². The highest BCUT2D eigenvalue weighted by molar-refractivity contribution is 6.71. The molecular formula is C24H26FO2Si. The van der Waals surface area contributed by atoms with Crippen molar-refractivity contribution in [3.05, 3.63) is 84.2 Å². The normalized spacial score (nSPS) is 10.9. The molecule has 0 fully saturated rings. The Labute approximate surface area is 168 Å². The topological polar surface area (TPSA) is 18.5 Å². The zero-order chi connectivity index (χ0) is 19.8. The van der Waals surface area contributed by atoms with Crippen molar-refractivity contribution >= 4 is 14.0 Å². The van der Waals surface area contributed by atoms with Crippen LogP contribution in [-0.4, -0.2) is 15.4 Å². The van der Waals surface area contributed by atoms with Crippen LogP contribution in [0.1, 0.15) is 18.9 Å². The Balaban J connectivity index is 1.55. The lowest BCUT2D eigenvalue weighted by molar-refractivity contribution is 0.340. The van der Waals surface area contributed by atoms with Gasteiger partial charge < -0.3 is 9.47 Å². The van der Waals surface area contributed by atoms with E-state index in [1.165, 1.54) is 17.3 Å². The minimum atomic E-state index is -0.595. The molecule has 2 nitrogen and oxygen atoms in total. The first kappa shape index (κ1) is 20.1. The van der Waals surface area contributed by atoms with Crippen LogP contribution in [-0.2, 0) is 6.42 Å². The van der Waals surface area contributed by atoms with Gasteiger partial charge in [0.25, 0.3) is 0 Å². The molecule has 1 radical (unpaired) electrons. The predicted octanol–water partition coefficient (Wildman–Crippen LogP) is 5.98. The van der Waals surface area contributed by atoms with Gasteiger partial charge in [0.1, 0.15) is 11.5 Å². The van der Waals surface area contributed by atoms with Gasteiger partial charge >= 0.3 is 0 Å². The molecular weight excluding hydrogens is 367 g/mol. The fraction of sp³-hybridized carbons (Fsp3) is 0.250. The fourth-order valence-electron chi connectivity index (χ4n) is 3.10. The molecule has 4 heteroatoms. The van der Waals surface area contributed by atoms with Gasteiger partial charge in [0.2, 0.25) is 0 Å². The van der Waals surface area contributed by atoms with Gasteiger partial charge in [-0.25, -0.2) is 4.39 Å². The Bertz CT molecular complexity index is 866. The zero-order valence-electron chi connectivity index (χ0n) is 16.5. The molecule has 0 amide bonds. The molecule has 3 aromatic carbocycles. The largest absolute Gasteiger partial charge is 0.494 e. The molecule has 0 spiro atoms. The highest BCUT2D eigenvalue weighted by Gasteiger charge is 2.10. The molecule has 0 N–H and O–H groups in total. The van der Waals surface area contributed by atoms with E-state index in [9.17, 15) is 4.39 Å². The summed E-state index contributed by atoms with van der Waals surface area (Å²) in [6.07, 6.45) is 2.00. The van der Waals surface area contributed by atoms with E-state index in [2.05, 4.69) is 30.8 Å². The van der Waals surface area contributed by atoms with E-state index in [1.807, 2.05) is 49.4 Å². The highest BCUT2D eigenvalue weighted by Crippen LogP contribution is 2.26. The van der Waals surface area contributed by atoms with Gasteiger partial charge in [-0.1, -0.05) is 60.6 Å². The molecule has 0 unspecified atom stereocenters. The second-order valence-electron chi connectivity index (χ2n) is 6.77. The van der Waals surface area contributed by atoms with E-state index in [-0.39, 0.29) is 11.6 Å². The maximum absolute atomic E-state index is 14.1. The van der Waals surface area contributed by atoms with Crippen molar-refractivity contribution in [2.24, 2.45) is 0 Å². The van der Waals surface area contributed by atoms with Crippen LogP contribution in [0.15, 0.2) is 72.8 Å². The Hall–Kier alpha value is -2.59. The van der Waals surface area contributed by atoms with E-state index >= 15 is 0 Å². The van der Waals surface area contributed by atoms with Gasteiger partial charge in [-0.15, -0.1) is 0 Å². The molecule has 0 aliphatic rings. The van der Waals surface area contributed by atoms with E-state index in [1.54, 1.807) is 0 Å². The first-order valence-electron chi connectivity index (χ1n) is 9.72. The van der Waals surface area contributed by atoms with Gasteiger partial charge in [-0.05, 0) is 55.3 Å². The van der Waals surface area contributed by atoms with Crippen molar-refractivity contribution in [3.63, 3.8) is 0 Å². The number of hydrogen-bond donors (Lipinski definition) is 0. The zero-order valence-corrected chi connectivity index (χ0v) is 17.5. The number of benzene rings is 3. The smallest absolute Gasteiger partial charge is 0.165 e. The third-order valence-electron chi connectivity index (χ3n) is 4.64. The first-order chi connectivity index (χ1) is 13.7. The first-order valence-corrected chi connectivity index (χ1v) is 11.9. The number of para-hydroxylation sites is 1. The van der Waals surface area contributed by atoms with Crippen LogP contribution in [0.2, 0.25) is 12.6 Å². The summed E-state index contributed by atoms with van der Waals surface area (Å²) in [5.41, 5.74) is 1.11. The van der Waals surface area contributed by atoms with Crippen LogP contribution >= 0.6 is 0 Å². The standard InChI is InChI=1S/C24H26FO2Si/c1-3-26-20-12-14-22(15-13-20)28(2)17-7-8-19-11-16-23(25)24(18-19)27-21-9-5-4-6-10-21/h4-6,9-16,18H,3,7-8,17H2,1-2H3. The van der Waals surface area contributed by atoms with Crippen LogP contribution in [0.25, 0.3) is 0 Å². The molecule has 28 heavy (non-hydrogen) atoms. The summed E-state index contributed by atoms with van der Waals surface area (Å²) < 4.78 is 25.3.